The zero-order valence-electron chi connectivity index (χ0n) is 15.3. The van der Waals surface area contributed by atoms with Crippen LogP contribution in [0, 0.1) is 0 Å². The van der Waals surface area contributed by atoms with Crippen molar-refractivity contribution in [3.8, 4) is 11.4 Å². The van der Waals surface area contributed by atoms with Crippen molar-refractivity contribution in [1.29, 1.82) is 0 Å². The zero-order chi connectivity index (χ0) is 20.4. The fourth-order valence-corrected chi connectivity index (χ4v) is 3.07. The van der Waals surface area contributed by atoms with E-state index in [1.807, 2.05) is 9.80 Å². The maximum atomic E-state index is 13.5. The predicted octanol–water partition coefficient (Wildman–Crippen LogP) is 0.314. The molecule has 0 spiro atoms. The van der Waals surface area contributed by atoms with Crippen LogP contribution in [0.3, 0.4) is 0 Å². The normalized spacial score (nSPS) is 18.2. The van der Waals surface area contributed by atoms with Crippen LogP contribution in [0.25, 0.3) is 11.4 Å². The van der Waals surface area contributed by atoms with Crippen molar-refractivity contribution in [1.82, 2.24) is 24.9 Å². The highest BCUT2D eigenvalue weighted by atomic mass is 19.4. The minimum absolute atomic E-state index is 0.209. The molecule has 2 aliphatic heterocycles. The molecule has 1 N–H and O–H groups in total. The third-order valence-corrected chi connectivity index (χ3v) is 4.54. The van der Waals surface area contributed by atoms with Gasteiger partial charge in [-0.3, -0.25) is 0 Å². The molecule has 0 unspecified atom stereocenters. The second kappa shape index (κ2) is 7.91. The lowest BCUT2D eigenvalue weighted by molar-refractivity contribution is -0.140. The molecular weight excluding hydrogens is 395 g/mol. The van der Waals surface area contributed by atoms with E-state index in [9.17, 15) is 18.0 Å². The first-order valence-corrected chi connectivity index (χ1v) is 9.00. The molecule has 4 rings (SSSR count). The summed E-state index contributed by atoms with van der Waals surface area (Å²) in [6.07, 6.45) is -3.97. The van der Waals surface area contributed by atoms with Crippen LogP contribution in [0.2, 0.25) is 0 Å². The summed E-state index contributed by atoms with van der Waals surface area (Å²) in [7, 11) is 0. The largest absolute Gasteiger partial charge is 0.432 e. The van der Waals surface area contributed by atoms with Crippen molar-refractivity contribution in [3.63, 3.8) is 0 Å². The summed E-state index contributed by atoms with van der Waals surface area (Å²) in [6.45, 7) is 3.85. The number of hydrogen-bond acceptors (Lipinski definition) is 9. The maximum absolute atomic E-state index is 13.5. The van der Waals surface area contributed by atoms with Gasteiger partial charge in [0.25, 0.3) is 0 Å². The van der Waals surface area contributed by atoms with Crippen LogP contribution in [-0.4, -0.2) is 77.5 Å². The van der Waals surface area contributed by atoms with Crippen LogP contribution in [0.1, 0.15) is 5.69 Å². The number of aromatic nitrogens is 5. The Morgan fingerprint density at radius 3 is 1.90 bits per heavy atom. The van der Waals surface area contributed by atoms with E-state index in [0.29, 0.717) is 52.6 Å². The van der Waals surface area contributed by atoms with Crippen molar-refractivity contribution in [2.75, 3.05) is 62.4 Å². The van der Waals surface area contributed by atoms with Crippen LogP contribution < -0.4 is 15.5 Å². The summed E-state index contributed by atoms with van der Waals surface area (Å²) in [4.78, 5) is 33.2. The quantitative estimate of drug-likeness (QED) is 0.760. The Labute approximate surface area is 162 Å². The van der Waals surface area contributed by atoms with Crippen molar-refractivity contribution < 1.29 is 22.6 Å². The number of nitrogens with one attached hydrogen (secondary N) is 1. The molecule has 0 bridgehead atoms. The van der Waals surface area contributed by atoms with Crippen molar-refractivity contribution in [2.24, 2.45) is 0 Å². The maximum Gasteiger partial charge on any atom is 0.432 e. The number of hydrogen-bond donors (Lipinski definition) is 1. The first-order valence-electron chi connectivity index (χ1n) is 9.00. The third kappa shape index (κ3) is 4.29. The Balaban J connectivity index is 1.83. The van der Waals surface area contributed by atoms with Gasteiger partial charge < -0.3 is 24.3 Å². The van der Waals surface area contributed by atoms with Gasteiger partial charge in [0.1, 0.15) is 5.69 Å². The molecule has 10 nitrogen and oxygen atoms in total. The topological polar surface area (TPSA) is 109 Å². The second-order valence-corrected chi connectivity index (χ2v) is 6.43. The number of aromatic amines is 1. The van der Waals surface area contributed by atoms with E-state index in [2.05, 4.69) is 19.9 Å². The molecule has 2 fully saturated rings. The lowest BCUT2D eigenvalue weighted by Gasteiger charge is -2.30. The van der Waals surface area contributed by atoms with Crippen LogP contribution in [0.5, 0.6) is 0 Å². The Morgan fingerprint density at radius 2 is 1.41 bits per heavy atom. The van der Waals surface area contributed by atoms with Gasteiger partial charge in [0, 0.05) is 32.4 Å². The van der Waals surface area contributed by atoms with Crippen LogP contribution >= 0.6 is 0 Å². The fraction of sp³-hybridized carbons (Fsp3) is 0.562. The van der Waals surface area contributed by atoms with Gasteiger partial charge in [0.05, 0.1) is 32.0 Å². The highest BCUT2D eigenvalue weighted by Gasteiger charge is 2.37. The number of rotatable bonds is 3. The minimum atomic E-state index is -4.80. The molecular formula is C16H18F3N7O3. The molecule has 0 radical (unpaired) electrons. The lowest BCUT2D eigenvalue weighted by Crippen LogP contribution is -2.40. The molecule has 0 amide bonds. The number of nitrogens with zero attached hydrogens (tertiary/aromatic N) is 6. The zero-order valence-corrected chi connectivity index (χ0v) is 15.3. The number of anilines is 2. The molecule has 156 valence electrons. The number of halogens is 3. The molecule has 0 aromatic carbocycles. The Kier molecular flexibility index (Phi) is 5.32. The lowest BCUT2D eigenvalue weighted by atomic mass is 10.2. The summed E-state index contributed by atoms with van der Waals surface area (Å²) >= 11 is 0. The number of H-pyrrole nitrogens is 1. The minimum Gasteiger partial charge on any atom is -0.378 e. The molecule has 0 saturated carbocycles. The van der Waals surface area contributed by atoms with Gasteiger partial charge in [-0.1, -0.05) is 0 Å². The predicted molar refractivity (Wildman–Crippen MR) is 94.7 cm³/mol. The molecule has 4 heterocycles. The monoisotopic (exact) mass is 413 g/mol. The van der Waals surface area contributed by atoms with E-state index in [4.69, 9.17) is 9.47 Å². The fourth-order valence-electron chi connectivity index (χ4n) is 3.07. The van der Waals surface area contributed by atoms with Gasteiger partial charge in [0.15, 0.2) is 5.82 Å². The summed E-state index contributed by atoms with van der Waals surface area (Å²) < 4.78 is 51.1. The van der Waals surface area contributed by atoms with Gasteiger partial charge in [-0.25, -0.2) is 9.78 Å². The molecule has 29 heavy (non-hydrogen) atoms. The Hall–Kier alpha value is -2.80. The van der Waals surface area contributed by atoms with E-state index in [1.165, 1.54) is 0 Å². The van der Waals surface area contributed by atoms with Gasteiger partial charge in [-0.05, 0) is 0 Å². The molecule has 2 saturated heterocycles. The van der Waals surface area contributed by atoms with Crippen molar-refractivity contribution in [2.45, 2.75) is 6.18 Å². The summed E-state index contributed by atoms with van der Waals surface area (Å²) in [5.74, 6) is 0.289. The molecule has 2 aliphatic rings. The first kappa shape index (κ1) is 19.5. The Bertz CT molecular complexity index is 888. The summed E-state index contributed by atoms with van der Waals surface area (Å²) in [5, 5.41) is 0. The van der Waals surface area contributed by atoms with Gasteiger partial charge in [0.2, 0.25) is 11.9 Å². The molecule has 13 heteroatoms. The third-order valence-electron chi connectivity index (χ3n) is 4.54. The standard InChI is InChI=1S/C16H18F3N7O3/c17-16(18,19)11-10(9-20-15(27)21-11)12-22-13(25-1-5-28-6-2-25)24-14(23-12)26-3-7-29-8-4-26/h9H,1-8H2,(H,20,21,27). The van der Waals surface area contributed by atoms with Crippen molar-refractivity contribution in [3.05, 3.63) is 22.4 Å². The van der Waals surface area contributed by atoms with Crippen LogP contribution in [0.4, 0.5) is 25.1 Å². The van der Waals surface area contributed by atoms with E-state index in [0.717, 1.165) is 6.20 Å². The van der Waals surface area contributed by atoms with Gasteiger partial charge in [-0.2, -0.15) is 28.1 Å². The van der Waals surface area contributed by atoms with Gasteiger partial charge >= 0.3 is 11.9 Å². The smallest absolute Gasteiger partial charge is 0.378 e. The highest BCUT2D eigenvalue weighted by molar-refractivity contribution is 5.61. The molecule has 0 aliphatic carbocycles. The number of ether oxygens (including phenoxy) is 2. The van der Waals surface area contributed by atoms with E-state index in [1.54, 1.807) is 4.98 Å². The van der Waals surface area contributed by atoms with Gasteiger partial charge in [-0.15, -0.1) is 0 Å². The first-order chi connectivity index (χ1) is 13.9. The van der Waals surface area contributed by atoms with E-state index >= 15 is 0 Å². The average Bonchev–Trinajstić information content (AvgIpc) is 2.74. The molecule has 2 aromatic heterocycles. The number of alkyl halides is 3. The van der Waals surface area contributed by atoms with E-state index < -0.39 is 23.1 Å². The average molecular weight is 413 g/mol. The second-order valence-electron chi connectivity index (χ2n) is 6.43. The molecule has 0 atom stereocenters. The van der Waals surface area contributed by atoms with Crippen LogP contribution in [0.15, 0.2) is 11.0 Å². The molecule has 2 aromatic rings. The SMILES string of the molecule is O=c1ncc(-c2nc(N3CCOCC3)nc(N3CCOCC3)n2)c(C(F)(F)F)[nH]1. The Morgan fingerprint density at radius 1 is 0.897 bits per heavy atom. The van der Waals surface area contributed by atoms with Crippen LogP contribution in [-0.2, 0) is 15.7 Å². The summed E-state index contributed by atoms with van der Waals surface area (Å²) in [5.41, 5.74) is -2.76. The highest BCUT2D eigenvalue weighted by Crippen LogP contribution is 2.34. The van der Waals surface area contributed by atoms with E-state index in [-0.39, 0.29) is 17.7 Å². The number of morpholine rings is 2. The summed E-state index contributed by atoms with van der Waals surface area (Å²) in [6, 6.07) is 0. The van der Waals surface area contributed by atoms with Crippen molar-refractivity contribution >= 4 is 11.9 Å².